The maximum Gasteiger partial charge on any atom is 0.415 e. The van der Waals surface area contributed by atoms with E-state index in [1.165, 1.54) is 75.5 Å². The SMILES string of the molecule is C=COC(=O)N(C)C(C(=O)OCCCCCCCCCCCCCCC)C(C)C. The summed E-state index contributed by atoms with van der Waals surface area (Å²) in [4.78, 5) is 25.5. The molecule has 0 heterocycles. The molecule has 0 saturated heterocycles. The number of carbonyl (C=O) groups excluding carboxylic acids is 2. The van der Waals surface area contributed by atoms with Gasteiger partial charge in [0.05, 0.1) is 12.9 Å². The summed E-state index contributed by atoms with van der Waals surface area (Å²) in [5, 5.41) is 0. The molecule has 170 valence electrons. The van der Waals surface area contributed by atoms with Gasteiger partial charge in [0.2, 0.25) is 0 Å². The number of likely N-dealkylation sites (N-methyl/N-ethyl adjacent to an activating group) is 1. The molecule has 5 heteroatoms. The van der Waals surface area contributed by atoms with Gasteiger partial charge in [0.1, 0.15) is 6.04 Å². The average Bonchev–Trinajstić information content (AvgIpc) is 2.68. The van der Waals surface area contributed by atoms with Crippen molar-refractivity contribution in [2.24, 2.45) is 5.92 Å². The Kier molecular flexibility index (Phi) is 17.5. The van der Waals surface area contributed by atoms with Gasteiger partial charge in [0, 0.05) is 7.05 Å². The summed E-state index contributed by atoms with van der Waals surface area (Å²) in [7, 11) is 1.54. The zero-order chi connectivity index (χ0) is 21.9. The van der Waals surface area contributed by atoms with Crippen LogP contribution in [0.15, 0.2) is 12.8 Å². The molecule has 1 atom stereocenters. The second-order valence-electron chi connectivity index (χ2n) is 8.26. The largest absolute Gasteiger partial charge is 0.464 e. The van der Waals surface area contributed by atoms with Gasteiger partial charge in [-0.15, -0.1) is 0 Å². The van der Waals surface area contributed by atoms with Crippen LogP contribution in [0.25, 0.3) is 0 Å². The van der Waals surface area contributed by atoms with E-state index in [4.69, 9.17) is 9.47 Å². The lowest BCUT2D eigenvalue weighted by Gasteiger charge is -2.28. The van der Waals surface area contributed by atoms with Gasteiger partial charge in [-0.1, -0.05) is 104 Å². The van der Waals surface area contributed by atoms with Crippen molar-refractivity contribution >= 4 is 12.1 Å². The van der Waals surface area contributed by atoms with Crippen molar-refractivity contribution < 1.29 is 19.1 Å². The van der Waals surface area contributed by atoms with Crippen LogP contribution in [0.5, 0.6) is 0 Å². The highest BCUT2D eigenvalue weighted by molar-refractivity contribution is 5.81. The Labute approximate surface area is 179 Å². The van der Waals surface area contributed by atoms with Crippen LogP contribution in [0.4, 0.5) is 4.79 Å². The van der Waals surface area contributed by atoms with Crippen molar-refractivity contribution in [1.82, 2.24) is 4.90 Å². The smallest absolute Gasteiger partial charge is 0.415 e. The number of hydrogen-bond donors (Lipinski definition) is 0. The molecule has 0 aromatic rings. The summed E-state index contributed by atoms with van der Waals surface area (Å²) >= 11 is 0. The minimum atomic E-state index is -0.649. The molecule has 0 aliphatic heterocycles. The monoisotopic (exact) mass is 411 g/mol. The third kappa shape index (κ3) is 14.2. The lowest BCUT2D eigenvalue weighted by atomic mass is 10.0. The number of ether oxygens (including phenoxy) is 2. The number of esters is 1. The molecule has 0 rings (SSSR count). The van der Waals surface area contributed by atoms with E-state index in [2.05, 4.69) is 13.5 Å². The summed E-state index contributed by atoms with van der Waals surface area (Å²) in [5.74, 6) is -0.432. The van der Waals surface area contributed by atoms with Crippen LogP contribution in [0.2, 0.25) is 0 Å². The highest BCUT2D eigenvalue weighted by Crippen LogP contribution is 2.14. The highest BCUT2D eigenvalue weighted by atomic mass is 16.6. The summed E-state index contributed by atoms with van der Waals surface area (Å²) in [6, 6.07) is -0.649. The van der Waals surface area contributed by atoms with Crippen molar-refractivity contribution in [2.45, 2.75) is 110 Å². The van der Waals surface area contributed by atoms with Crippen molar-refractivity contribution in [1.29, 1.82) is 0 Å². The van der Waals surface area contributed by atoms with Gasteiger partial charge in [-0.05, 0) is 12.3 Å². The maximum atomic E-state index is 12.4. The Hall–Kier alpha value is -1.52. The molecule has 0 N–H and O–H groups in total. The third-order valence-electron chi connectivity index (χ3n) is 5.25. The number of carbonyl (C=O) groups is 2. The molecule has 1 unspecified atom stereocenters. The number of rotatable bonds is 18. The molecule has 0 bridgehead atoms. The van der Waals surface area contributed by atoms with Crippen LogP contribution in [0.1, 0.15) is 104 Å². The average molecular weight is 412 g/mol. The van der Waals surface area contributed by atoms with Crippen LogP contribution < -0.4 is 0 Å². The summed E-state index contributed by atoms with van der Waals surface area (Å²) in [6.07, 6.45) is 17.1. The first kappa shape index (κ1) is 27.5. The Balaban J connectivity index is 3.74. The molecule has 1 amide bonds. The Morgan fingerprint density at radius 3 is 1.72 bits per heavy atom. The molecule has 0 aromatic carbocycles. The molecule has 0 spiro atoms. The molecule has 29 heavy (non-hydrogen) atoms. The molecule has 0 radical (unpaired) electrons. The third-order valence-corrected chi connectivity index (χ3v) is 5.25. The zero-order valence-corrected chi connectivity index (χ0v) is 19.4. The number of hydrogen-bond acceptors (Lipinski definition) is 4. The van der Waals surface area contributed by atoms with Gasteiger partial charge in [-0.3, -0.25) is 4.90 Å². The molecule has 0 aliphatic carbocycles. The van der Waals surface area contributed by atoms with E-state index in [1.54, 1.807) is 7.05 Å². The summed E-state index contributed by atoms with van der Waals surface area (Å²) in [5.41, 5.74) is 0. The van der Waals surface area contributed by atoms with Crippen molar-refractivity contribution in [3.8, 4) is 0 Å². The fourth-order valence-electron chi connectivity index (χ4n) is 3.52. The molecule has 5 nitrogen and oxygen atoms in total. The normalized spacial score (nSPS) is 11.9. The van der Waals surface area contributed by atoms with Gasteiger partial charge in [0.15, 0.2) is 0 Å². The number of nitrogens with zero attached hydrogens (tertiary/aromatic N) is 1. The number of unbranched alkanes of at least 4 members (excludes halogenated alkanes) is 12. The van der Waals surface area contributed by atoms with Crippen LogP contribution >= 0.6 is 0 Å². The first-order chi connectivity index (χ1) is 14.0. The van der Waals surface area contributed by atoms with E-state index in [0.29, 0.717) is 6.61 Å². The topological polar surface area (TPSA) is 55.8 Å². The minimum Gasteiger partial charge on any atom is -0.464 e. The predicted molar refractivity (Wildman–Crippen MR) is 120 cm³/mol. The Morgan fingerprint density at radius 2 is 1.31 bits per heavy atom. The van der Waals surface area contributed by atoms with Gasteiger partial charge >= 0.3 is 12.1 Å². The van der Waals surface area contributed by atoms with Crippen molar-refractivity contribution in [2.75, 3.05) is 13.7 Å². The fraction of sp³-hybridized carbons (Fsp3) is 0.833. The van der Waals surface area contributed by atoms with Crippen molar-refractivity contribution in [3.63, 3.8) is 0 Å². The van der Waals surface area contributed by atoms with Crippen molar-refractivity contribution in [3.05, 3.63) is 12.8 Å². The zero-order valence-electron chi connectivity index (χ0n) is 19.4. The van der Waals surface area contributed by atoms with E-state index < -0.39 is 12.1 Å². The van der Waals surface area contributed by atoms with Gasteiger partial charge in [0.25, 0.3) is 0 Å². The molecule has 0 aliphatic rings. The quantitative estimate of drug-likeness (QED) is 0.140. The number of amides is 1. The first-order valence-corrected chi connectivity index (χ1v) is 11.7. The van der Waals surface area contributed by atoms with E-state index in [-0.39, 0.29) is 11.9 Å². The second-order valence-corrected chi connectivity index (χ2v) is 8.26. The molecular formula is C24H45NO4. The lowest BCUT2D eigenvalue weighted by molar-refractivity contribution is -0.150. The summed E-state index contributed by atoms with van der Waals surface area (Å²) in [6.45, 7) is 9.80. The Bertz CT molecular complexity index is 437. The maximum absolute atomic E-state index is 12.4. The summed E-state index contributed by atoms with van der Waals surface area (Å²) < 4.78 is 10.2. The van der Waals surface area contributed by atoms with E-state index >= 15 is 0 Å². The first-order valence-electron chi connectivity index (χ1n) is 11.7. The van der Waals surface area contributed by atoms with E-state index in [0.717, 1.165) is 19.1 Å². The molecule has 0 saturated carbocycles. The van der Waals surface area contributed by atoms with E-state index in [9.17, 15) is 9.59 Å². The van der Waals surface area contributed by atoms with Gasteiger partial charge in [-0.2, -0.15) is 0 Å². The highest BCUT2D eigenvalue weighted by Gasteiger charge is 2.31. The van der Waals surface area contributed by atoms with Crippen LogP contribution in [-0.2, 0) is 14.3 Å². The predicted octanol–water partition coefficient (Wildman–Crippen LogP) is 6.86. The molecule has 0 aromatic heterocycles. The van der Waals surface area contributed by atoms with Crippen LogP contribution in [-0.4, -0.2) is 36.7 Å². The van der Waals surface area contributed by atoms with E-state index in [1.807, 2.05) is 13.8 Å². The minimum absolute atomic E-state index is 0.0588. The molecule has 0 fully saturated rings. The van der Waals surface area contributed by atoms with Crippen LogP contribution in [0.3, 0.4) is 0 Å². The van der Waals surface area contributed by atoms with Gasteiger partial charge < -0.3 is 9.47 Å². The lowest BCUT2D eigenvalue weighted by Crippen LogP contribution is -2.46. The van der Waals surface area contributed by atoms with Gasteiger partial charge in [-0.25, -0.2) is 9.59 Å². The second kappa shape index (κ2) is 18.5. The fourth-order valence-corrected chi connectivity index (χ4v) is 3.52. The standard InChI is InChI=1S/C24H45NO4/c1-6-8-9-10-11-12-13-14-15-16-17-18-19-20-29-23(26)22(21(3)4)25(5)24(27)28-7-2/h7,21-22H,2,6,8-20H2,1,3-5H3. The van der Waals surface area contributed by atoms with Crippen LogP contribution in [0, 0.1) is 5.92 Å². The Morgan fingerprint density at radius 1 is 0.862 bits per heavy atom. The molecular weight excluding hydrogens is 366 g/mol.